The maximum atomic E-state index is 14.4. The van der Waals surface area contributed by atoms with Gasteiger partial charge in [-0.3, -0.25) is 9.59 Å². The molecule has 2 heterocycles. The predicted octanol–water partition coefficient (Wildman–Crippen LogP) is 6.57. The van der Waals surface area contributed by atoms with Crippen LogP contribution in [0.2, 0.25) is 5.02 Å². The standard InChI is InChI=1S/C33H26ClNO7/c1-17-14-23(36)26-21(20-12-10-19(11-13-20)18-8-6-5-7-9-18)15-22(32(38)41-4)35-30(26)33(17)31(37)27-24(39-2)16-25(40-3)28(34)29(27)42-33/h5-13,15-17H,14H2,1-4H3/t17-,33+/m1/s1. The van der Waals surface area contributed by atoms with Crippen molar-refractivity contribution in [3.8, 4) is 39.5 Å². The molecule has 1 aromatic heterocycles. The molecule has 0 fully saturated rings. The van der Waals surface area contributed by atoms with Crippen LogP contribution in [0.1, 0.15) is 50.2 Å². The van der Waals surface area contributed by atoms with Crippen LogP contribution in [0.25, 0.3) is 22.3 Å². The normalized spacial score (nSPS) is 18.7. The molecule has 2 aliphatic rings. The highest BCUT2D eigenvalue weighted by Crippen LogP contribution is 2.57. The highest BCUT2D eigenvalue weighted by atomic mass is 35.5. The van der Waals surface area contributed by atoms with Gasteiger partial charge in [-0.2, -0.15) is 0 Å². The Morgan fingerprint density at radius 3 is 2.19 bits per heavy atom. The summed E-state index contributed by atoms with van der Waals surface area (Å²) in [6.07, 6.45) is -0.00184. The summed E-state index contributed by atoms with van der Waals surface area (Å²) in [6.45, 7) is 1.74. The van der Waals surface area contributed by atoms with E-state index in [4.69, 9.17) is 30.5 Å². The van der Waals surface area contributed by atoms with E-state index in [0.717, 1.165) is 11.1 Å². The largest absolute Gasteiger partial charge is 0.496 e. The lowest BCUT2D eigenvalue weighted by molar-refractivity contribution is 0.0190. The van der Waals surface area contributed by atoms with Crippen molar-refractivity contribution in [1.82, 2.24) is 4.98 Å². The smallest absolute Gasteiger partial charge is 0.356 e. The maximum Gasteiger partial charge on any atom is 0.356 e. The molecule has 0 bridgehead atoms. The lowest BCUT2D eigenvalue weighted by Crippen LogP contribution is -2.49. The van der Waals surface area contributed by atoms with Gasteiger partial charge in [0.05, 0.1) is 26.9 Å². The molecule has 9 heteroatoms. The minimum absolute atomic E-state index is 0.00184. The first kappa shape index (κ1) is 27.5. The second-order valence-electron chi connectivity index (χ2n) is 10.2. The van der Waals surface area contributed by atoms with Crippen molar-refractivity contribution in [2.24, 2.45) is 5.92 Å². The molecule has 42 heavy (non-hydrogen) atoms. The van der Waals surface area contributed by atoms with Crippen LogP contribution in [-0.4, -0.2) is 43.8 Å². The number of nitrogens with zero attached hydrogens (tertiary/aromatic N) is 1. The second kappa shape index (κ2) is 10.3. The number of fused-ring (bicyclic) bond motifs is 3. The SMILES string of the molecule is COC(=O)c1cc(-c2ccc(-c3ccccc3)cc2)c2c(n1)[C@@]1(Oc3c(Cl)c(OC)cc(OC)c3C1=O)[C@H](C)CC2=O. The van der Waals surface area contributed by atoms with Crippen molar-refractivity contribution in [2.75, 3.05) is 21.3 Å². The van der Waals surface area contributed by atoms with Gasteiger partial charge in [-0.25, -0.2) is 9.78 Å². The molecule has 0 N–H and O–H groups in total. The average molecular weight is 584 g/mol. The molecule has 3 aromatic carbocycles. The van der Waals surface area contributed by atoms with Gasteiger partial charge in [0.25, 0.3) is 0 Å². The Morgan fingerprint density at radius 2 is 1.55 bits per heavy atom. The minimum atomic E-state index is -1.75. The van der Waals surface area contributed by atoms with Crippen molar-refractivity contribution in [2.45, 2.75) is 18.9 Å². The van der Waals surface area contributed by atoms with Gasteiger partial charge >= 0.3 is 5.97 Å². The number of ketones is 2. The molecule has 0 amide bonds. The van der Waals surface area contributed by atoms with Gasteiger partial charge in [-0.1, -0.05) is 73.1 Å². The van der Waals surface area contributed by atoms with Crippen molar-refractivity contribution < 1.29 is 33.3 Å². The number of Topliss-reactive ketones (excluding diaryl/α,β-unsaturated/α-hetero) is 2. The number of pyridine rings is 1. The van der Waals surface area contributed by atoms with Crippen LogP contribution in [0.4, 0.5) is 0 Å². The topological polar surface area (TPSA) is 101 Å². The summed E-state index contributed by atoms with van der Waals surface area (Å²) in [5.74, 6) is -1.54. The van der Waals surface area contributed by atoms with Gasteiger partial charge in [0.2, 0.25) is 11.4 Å². The molecule has 2 atom stereocenters. The van der Waals surface area contributed by atoms with Crippen LogP contribution in [0, 0.1) is 5.92 Å². The lowest BCUT2D eigenvalue weighted by atomic mass is 9.70. The number of ether oxygens (including phenoxy) is 4. The molecule has 212 valence electrons. The number of hydrogen-bond acceptors (Lipinski definition) is 8. The molecule has 0 saturated carbocycles. The number of rotatable bonds is 5. The third-order valence-corrected chi connectivity index (χ3v) is 8.31. The lowest BCUT2D eigenvalue weighted by Gasteiger charge is -2.38. The highest BCUT2D eigenvalue weighted by molar-refractivity contribution is 6.35. The van der Waals surface area contributed by atoms with Gasteiger partial charge in [0.15, 0.2) is 11.5 Å². The number of hydrogen-bond donors (Lipinski definition) is 0. The molecule has 8 nitrogen and oxygen atoms in total. The summed E-state index contributed by atoms with van der Waals surface area (Å²) in [5.41, 5.74) is 1.66. The molecule has 0 radical (unpaired) electrons. The van der Waals surface area contributed by atoms with Crippen LogP contribution in [0.3, 0.4) is 0 Å². The predicted molar refractivity (Wildman–Crippen MR) is 156 cm³/mol. The molecule has 1 aliphatic heterocycles. The molecule has 6 rings (SSSR count). The molecule has 0 saturated heterocycles. The Morgan fingerprint density at radius 1 is 0.905 bits per heavy atom. The van der Waals surface area contributed by atoms with Crippen molar-refractivity contribution in [1.29, 1.82) is 0 Å². The third kappa shape index (κ3) is 3.97. The summed E-state index contributed by atoms with van der Waals surface area (Å²) < 4.78 is 22.4. The molecular formula is C33H26ClNO7. The van der Waals surface area contributed by atoms with Gasteiger partial charge < -0.3 is 18.9 Å². The Labute approximate surface area is 247 Å². The minimum Gasteiger partial charge on any atom is -0.496 e. The Bertz CT molecular complexity index is 1770. The number of carbonyl (C=O) groups excluding carboxylic acids is 3. The zero-order valence-corrected chi connectivity index (χ0v) is 24.1. The summed E-state index contributed by atoms with van der Waals surface area (Å²) in [4.78, 5) is 45.6. The number of aromatic nitrogens is 1. The number of esters is 1. The van der Waals surface area contributed by atoms with E-state index in [9.17, 15) is 14.4 Å². The second-order valence-corrected chi connectivity index (χ2v) is 10.6. The van der Waals surface area contributed by atoms with Gasteiger partial charge in [-0.15, -0.1) is 0 Å². The first-order valence-corrected chi connectivity index (χ1v) is 13.6. The van der Waals surface area contributed by atoms with Gasteiger partial charge in [0, 0.05) is 18.4 Å². The van der Waals surface area contributed by atoms with Crippen LogP contribution in [0.5, 0.6) is 17.2 Å². The Hall–Kier alpha value is -4.69. The van der Waals surface area contributed by atoms with E-state index in [-0.39, 0.29) is 57.0 Å². The van der Waals surface area contributed by atoms with E-state index in [1.165, 1.54) is 33.5 Å². The number of benzene rings is 3. The maximum absolute atomic E-state index is 14.4. The molecule has 1 aliphatic carbocycles. The van der Waals surface area contributed by atoms with E-state index in [1.807, 2.05) is 54.6 Å². The quantitative estimate of drug-likeness (QED) is 0.243. The van der Waals surface area contributed by atoms with Crippen molar-refractivity contribution >= 4 is 29.1 Å². The van der Waals surface area contributed by atoms with E-state index < -0.39 is 23.3 Å². The van der Waals surface area contributed by atoms with Crippen LogP contribution >= 0.6 is 11.6 Å². The summed E-state index contributed by atoms with van der Waals surface area (Å²) in [5, 5.41) is 0.0880. The van der Waals surface area contributed by atoms with E-state index >= 15 is 0 Å². The van der Waals surface area contributed by atoms with E-state index in [0.29, 0.717) is 11.1 Å². The zero-order chi connectivity index (χ0) is 29.8. The highest BCUT2D eigenvalue weighted by Gasteiger charge is 2.61. The first-order valence-electron chi connectivity index (χ1n) is 13.3. The fourth-order valence-electron chi connectivity index (χ4n) is 5.84. The van der Waals surface area contributed by atoms with Gasteiger partial charge in [-0.05, 0) is 28.3 Å². The first-order chi connectivity index (χ1) is 20.2. The van der Waals surface area contributed by atoms with E-state index in [1.54, 1.807) is 6.92 Å². The number of methoxy groups -OCH3 is 3. The summed E-state index contributed by atoms with van der Waals surface area (Å²) in [6, 6.07) is 20.5. The van der Waals surface area contributed by atoms with Crippen molar-refractivity contribution in [3.63, 3.8) is 0 Å². The number of halogens is 1. The molecule has 4 aromatic rings. The van der Waals surface area contributed by atoms with Crippen LogP contribution < -0.4 is 14.2 Å². The monoisotopic (exact) mass is 583 g/mol. The van der Waals surface area contributed by atoms with Crippen molar-refractivity contribution in [3.05, 3.63) is 94.3 Å². The average Bonchev–Trinajstić information content (AvgIpc) is 3.34. The fourth-order valence-corrected chi connectivity index (χ4v) is 6.11. The molecule has 1 spiro atoms. The Balaban J connectivity index is 1.60. The third-order valence-electron chi connectivity index (χ3n) is 7.95. The van der Waals surface area contributed by atoms with Gasteiger partial charge in [0.1, 0.15) is 33.5 Å². The van der Waals surface area contributed by atoms with Crippen LogP contribution in [-0.2, 0) is 10.3 Å². The Kier molecular flexibility index (Phi) is 6.74. The molecular weight excluding hydrogens is 558 g/mol. The molecule has 0 unspecified atom stereocenters. The summed E-state index contributed by atoms with van der Waals surface area (Å²) in [7, 11) is 4.11. The van der Waals surface area contributed by atoms with E-state index in [2.05, 4.69) is 4.98 Å². The van der Waals surface area contributed by atoms with Crippen LogP contribution in [0.15, 0.2) is 66.7 Å². The summed E-state index contributed by atoms with van der Waals surface area (Å²) >= 11 is 6.63. The zero-order valence-electron chi connectivity index (χ0n) is 23.3. The number of carbonyl (C=O) groups is 3. The fraction of sp³-hybridized carbons (Fsp3) is 0.212.